The van der Waals surface area contributed by atoms with E-state index in [9.17, 15) is 0 Å². The first-order valence-corrected chi connectivity index (χ1v) is 6.74. The van der Waals surface area contributed by atoms with Gasteiger partial charge in [-0.25, -0.2) is 4.98 Å². The summed E-state index contributed by atoms with van der Waals surface area (Å²) in [6.45, 7) is 10.1. The molecular formula is C13H24N4O. The van der Waals surface area contributed by atoms with Crippen molar-refractivity contribution in [2.45, 2.75) is 71.4 Å². The Morgan fingerprint density at radius 2 is 2.33 bits per heavy atom. The molecular weight excluding hydrogens is 228 g/mol. The smallest absolute Gasteiger partial charge is 0.164 e. The molecule has 2 rings (SSSR count). The van der Waals surface area contributed by atoms with Crippen LogP contribution in [0.2, 0.25) is 0 Å². The number of aromatic nitrogens is 3. The summed E-state index contributed by atoms with van der Waals surface area (Å²) in [5, 5.41) is 7.77. The molecule has 0 radical (unpaired) electrons. The Bertz CT molecular complexity index is 386. The fourth-order valence-corrected chi connectivity index (χ4v) is 2.21. The third-order valence-electron chi connectivity index (χ3n) is 3.20. The third kappa shape index (κ3) is 3.78. The Kier molecular flexibility index (Phi) is 4.02. The van der Waals surface area contributed by atoms with Gasteiger partial charge in [-0.05, 0) is 26.7 Å². The Balaban J connectivity index is 1.83. The van der Waals surface area contributed by atoms with Crippen LogP contribution in [0.25, 0.3) is 0 Å². The highest BCUT2D eigenvalue weighted by Crippen LogP contribution is 2.29. The minimum absolute atomic E-state index is 0.0211. The molecule has 5 nitrogen and oxygen atoms in total. The lowest BCUT2D eigenvalue weighted by atomic mass is 10.1. The maximum Gasteiger partial charge on any atom is 0.164 e. The Morgan fingerprint density at radius 3 is 2.94 bits per heavy atom. The van der Waals surface area contributed by atoms with E-state index in [4.69, 9.17) is 4.74 Å². The number of nitrogens with one attached hydrogen (secondary N) is 1. The molecule has 1 unspecified atom stereocenters. The van der Waals surface area contributed by atoms with Gasteiger partial charge < -0.3 is 10.1 Å². The van der Waals surface area contributed by atoms with Gasteiger partial charge in [0.15, 0.2) is 5.82 Å². The quantitative estimate of drug-likeness (QED) is 0.867. The summed E-state index contributed by atoms with van der Waals surface area (Å²) in [6.07, 6.45) is 4.29. The predicted octanol–water partition coefficient (Wildman–Crippen LogP) is 1.73. The first-order valence-electron chi connectivity index (χ1n) is 6.74. The monoisotopic (exact) mass is 252 g/mol. The van der Waals surface area contributed by atoms with Crippen molar-refractivity contribution in [2.24, 2.45) is 0 Å². The molecule has 0 amide bonds. The molecule has 0 aromatic carbocycles. The fourth-order valence-electron chi connectivity index (χ4n) is 2.21. The van der Waals surface area contributed by atoms with E-state index in [0.29, 0.717) is 6.04 Å². The van der Waals surface area contributed by atoms with Crippen LogP contribution in [0, 0.1) is 0 Å². The zero-order chi connectivity index (χ0) is 13.2. The van der Waals surface area contributed by atoms with Gasteiger partial charge in [0.2, 0.25) is 0 Å². The maximum atomic E-state index is 5.96. The first kappa shape index (κ1) is 13.5. The van der Waals surface area contributed by atoms with Crippen LogP contribution in [-0.2, 0) is 17.8 Å². The van der Waals surface area contributed by atoms with E-state index in [2.05, 4.69) is 43.1 Å². The molecule has 0 saturated carbocycles. The molecule has 18 heavy (non-hydrogen) atoms. The van der Waals surface area contributed by atoms with Gasteiger partial charge in [-0.15, -0.1) is 0 Å². The van der Waals surface area contributed by atoms with Gasteiger partial charge in [-0.2, -0.15) is 5.10 Å². The van der Waals surface area contributed by atoms with E-state index in [-0.39, 0.29) is 11.7 Å². The highest BCUT2D eigenvalue weighted by atomic mass is 16.5. The topological polar surface area (TPSA) is 52.0 Å². The normalized spacial score (nSPS) is 22.8. The molecule has 2 heterocycles. The van der Waals surface area contributed by atoms with Gasteiger partial charge >= 0.3 is 0 Å². The summed E-state index contributed by atoms with van der Waals surface area (Å²) in [5.74, 6) is 0.848. The van der Waals surface area contributed by atoms with Crippen LogP contribution in [0.4, 0.5) is 0 Å². The van der Waals surface area contributed by atoms with Crippen LogP contribution in [0.1, 0.15) is 46.4 Å². The average Bonchev–Trinajstić information content (AvgIpc) is 2.83. The van der Waals surface area contributed by atoms with Gasteiger partial charge in [0.25, 0.3) is 0 Å². The van der Waals surface area contributed by atoms with E-state index in [0.717, 1.165) is 31.8 Å². The van der Waals surface area contributed by atoms with Crippen molar-refractivity contribution in [1.29, 1.82) is 0 Å². The molecule has 1 atom stereocenters. The number of hydrogen-bond donors (Lipinski definition) is 1. The Morgan fingerprint density at radius 1 is 1.56 bits per heavy atom. The summed E-state index contributed by atoms with van der Waals surface area (Å²) >= 11 is 0. The van der Waals surface area contributed by atoms with Crippen molar-refractivity contribution in [3.8, 4) is 0 Å². The van der Waals surface area contributed by atoms with Crippen LogP contribution in [0.5, 0.6) is 0 Å². The first-order chi connectivity index (χ1) is 8.44. The summed E-state index contributed by atoms with van der Waals surface area (Å²) in [5.41, 5.74) is 0.0211. The fraction of sp³-hybridized carbons (Fsp3) is 0.846. The van der Waals surface area contributed by atoms with Crippen molar-refractivity contribution in [1.82, 2.24) is 20.1 Å². The van der Waals surface area contributed by atoms with Crippen molar-refractivity contribution in [2.75, 3.05) is 0 Å². The van der Waals surface area contributed by atoms with Crippen molar-refractivity contribution < 1.29 is 4.74 Å². The zero-order valence-electron chi connectivity index (χ0n) is 11.8. The number of rotatable bonds is 5. The minimum Gasteiger partial charge on any atom is -0.370 e. The van der Waals surface area contributed by atoms with Gasteiger partial charge in [-0.3, -0.25) is 4.68 Å². The summed E-state index contributed by atoms with van der Waals surface area (Å²) < 4.78 is 7.85. The second kappa shape index (κ2) is 5.36. The summed E-state index contributed by atoms with van der Waals surface area (Å²) in [7, 11) is 0. The number of nitrogens with zero attached hydrogens (tertiary/aromatic N) is 3. The summed E-state index contributed by atoms with van der Waals surface area (Å²) in [4.78, 5) is 4.30. The average molecular weight is 252 g/mol. The number of hydrogen-bond acceptors (Lipinski definition) is 4. The standard InChI is InChI=1S/C13H24N4O/c1-10(2)14-7-12-15-9-17(16-12)8-11-5-6-13(3,4)18-11/h9-11,14H,5-8H2,1-4H3. The van der Waals surface area contributed by atoms with Crippen LogP contribution in [0.15, 0.2) is 6.33 Å². The van der Waals surface area contributed by atoms with Crippen LogP contribution in [0.3, 0.4) is 0 Å². The van der Waals surface area contributed by atoms with Crippen LogP contribution >= 0.6 is 0 Å². The van der Waals surface area contributed by atoms with Crippen LogP contribution in [-0.4, -0.2) is 32.5 Å². The van der Waals surface area contributed by atoms with E-state index >= 15 is 0 Å². The van der Waals surface area contributed by atoms with E-state index in [1.54, 1.807) is 6.33 Å². The molecule has 1 aromatic rings. The van der Waals surface area contributed by atoms with Gasteiger partial charge in [0.05, 0.1) is 24.8 Å². The predicted molar refractivity (Wildman–Crippen MR) is 70.2 cm³/mol. The van der Waals surface area contributed by atoms with Gasteiger partial charge in [0, 0.05) is 6.04 Å². The Hall–Kier alpha value is -0.940. The lowest BCUT2D eigenvalue weighted by Crippen LogP contribution is -2.24. The Labute approximate surface area is 109 Å². The van der Waals surface area contributed by atoms with Gasteiger partial charge in [0.1, 0.15) is 6.33 Å². The SMILES string of the molecule is CC(C)NCc1ncn(CC2CCC(C)(C)O2)n1. The van der Waals surface area contributed by atoms with Crippen LogP contribution < -0.4 is 5.32 Å². The van der Waals surface area contributed by atoms with Gasteiger partial charge in [-0.1, -0.05) is 13.8 Å². The minimum atomic E-state index is 0.0211. The lowest BCUT2D eigenvalue weighted by Gasteiger charge is -2.18. The van der Waals surface area contributed by atoms with E-state index in [1.165, 1.54) is 0 Å². The molecule has 0 spiro atoms. The highest BCUT2D eigenvalue weighted by molar-refractivity contribution is 4.84. The third-order valence-corrected chi connectivity index (χ3v) is 3.20. The van der Waals surface area contributed by atoms with E-state index < -0.39 is 0 Å². The molecule has 1 aliphatic heterocycles. The molecule has 5 heteroatoms. The molecule has 102 valence electrons. The highest BCUT2D eigenvalue weighted by Gasteiger charge is 2.31. The summed E-state index contributed by atoms with van der Waals surface area (Å²) in [6, 6.07) is 0.455. The zero-order valence-corrected chi connectivity index (χ0v) is 11.8. The lowest BCUT2D eigenvalue weighted by molar-refractivity contribution is -0.0230. The maximum absolute atomic E-state index is 5.96. The van der Waals surface area contributed by atoms with Crippen molar-refractivity contribution in [3.05, 3.63) is 12.2 Å². The molecule has 1 saturated heterocycles. The van der Waals surface area contributed by atoms with E-state index in [1.807, 2.05) is 4.68 Å². The molecule has 0 bridgehead atoms. The van der Waals surface area contributed by atoms with Crippen molar-refractivity contribution >= 4 is 0 Å². The molecule has 0 aliphatic carbocycles. The second-order valence-electron chi connectivity index (χ2n) is 5.96. The molecule has 1 fully saturated rings. The number of ether oxygens (including phenoxy) is 1. The molecule has 1 aromatic heterocycles. The molecule has 1 N–H and O–H groups in total. The van der Waals surface area contributed by atoms with Crippen molar-refractivity contribution in [3.63, 3.8) is 0 Å². The second-order valence-corrected chi connectivity index (χ2v) is 5.96. The molecule has 1 aliphatic rings. The largest absolute Gasteiger partial charge is 0.370 e.